The average molecular weight is 269 g/mol. The Hall–Kier alpha value is -0.610. The highest BCUT2D eigenvalue weighted by Gasteiger charge is 2.34. The zero-order valence-corrected chi connectivity index (χ0v) is 13.4. The summed E-state index contributed by atoms with van der Waals surface area (Å²) in [5, 5.41) is 0. The first-order chi connectivity index (χ1) is 8.60. The summed E-state index contributed by atoms with van der Waals surface area (Å²) < 4.78 is 0. The number of nitrogens with zero attached hydrogens (tertiary/aromatic N) is 2. The van der Waals surface area contributed by atoms with Crippen LogP contribution in [0.2, 0.25) is 0 Å². The molecule has 0 aromatic heterocycles. The van der Waals surface area contributed by atoms with Crippen LogP contribution in [-0.4, -0.2) is 55.0 Å². The van der Waals surface area contributed by atoms with Crippen molar-refractivity contribution in [3.8, 4) is 0 Å². The average Bonchev–Trinajstić information content (AvgIpc) is 2.57. The number of hydrogen-bond acceptors (Lipinski definition) is 3. The van der Waals surface area contributed by atoms with Crippen LogP contribution >= 0.6 is 0 Å². The van der Waals surface area contributed by atoms with Crippen molar-refractivity contribution in [2.75, 3.05) is 27.2 Å². The molecule has 0 aliphatic carbocycles. The monoisotopic (exact) mass is 269 g/mol. The Bertz CT molecular complexity index is 309. The number of carbonyl (C=O) groups excluding carboxylic acids is 1. The standard InChI is InChI=1S/C15H31N3O/c1-11-9-18(10-13(11)17(5)6)14(19)7-12(16)8-15(2,3)4/h11-13H,7-10,16H2,1-6H3. The molecule has 3 atom stereocenters. The van der Waals surface area contributed by atoms with Gasteiger partial charge < -0.3 is 15.5 Å². The summed E-state index contributed by atoms with van der Waals surface area (Å²) in [4.78, 5) is 16.5. The molecule has 4 nitrogen and oxygen atoms in total. The van der Waals surface area contributed by atoms with Crippen LogP contribution in [0, 0.1) is 11.3 Å². The summed E-state index contributed by atoms with van der Waals surface area (Å²) in [5.41, 5.74) is 6.28. The van der Waals surface area contributed by atoms with E-state index in [9.17, 15) is 4.79 Å². The molecule has 1 amide bonds. The Balaban J connectivity index is 2.47. The van der Waals surface area contributed by atoms with E-state index in [1.54, 1.807) is 0 Å². The summed E-state index contributed by atoms with van der Waals surface area (Å²) >= 11 is 0. The number of amides is 1. The quantitative estimate of drug-likeness (QED) is 0.842. The van der Waals surface area contributed by atoms with Gasteiger partial charge in [-0.05, 0) is 31.8 Å². The van der Waals surface area contributed by atoms with Crippen LogP contribution in [0.25, 0.3) is 0 Å². The van der Waals surface area contributed by atoms with Crippen LogP contribution in [0.5, 0.6) is 0 Å². The van der Waals surface area contributed by atoms with Gasteiger partial charge in [0, 0.05) is 31.6 Å². The fourth-order valence-corrected chi connectivity index (χ4v) is 3.04. The summed E-state index contributed by atoms with van der Waals surface area (Å²) in [6, 6.07) is 0.448. The number of nitrogens with two attached hydrogens (primary N) is 1. The molecule has 3 unspecified atom stereocenters. The lowest BCUT2D eigenvalue weighted by atomic mass is 9.87. The summed E-state index contributed by atoms with van der Waals surface area (Å²) in [5.74, 6) is 0.755. The van der Waals surface area contributed by atoms with Gasteiger partial charge in [-0.3, -0.25) is 4.79 Å². The second-order valence-corrected chi connectivity index (χ2v) is 7.54. The zero-order chi connectivity index (χ0) is 14.8. The van der Waals surface area contributed by atoms with Crippen molar-refractivity contribution in [2.24, 2.45) is 17.1 Å². The molecule has 0 radical (unpaired) electrons. The van der Waals surface area contributed by atoms with Gasteiger partial charge in [-0.2, -0.15) is 0 Å². The van der Waals surface area contributed by atoms with Crippen LogP contribution in [0.4, 0.5) is 0 Å². The Morgan fingerprint density at radius 2 is 1.95 bits per heavy atom. The molecule has 0 bridgehead atoms. The fraction of sp³-hybridized carbons (Fsp3) is 0.933. The number of hydrogen-bond donors (Lipinski definition) is 1. The molecule has 1 rings (SSSR count). The maximum atomic E-state index is 12.3. The predicted octanol–water partition coefficient (Wildman–Crippen LogP) is 1.55. The van der Waals surface area contributed by atoms with Gasteiger partial charge in [0.2, 0.25) is 5.91 Å². The van der Waals surface area contributed by atoms with Crippen LogP contribution < -0.4 is 5.73 Å². The van der Waals surface area contributed by atoms with Crippen molar-refractivity contribution >= 4 is 5.91 Å². The van der Waals surface area contributed by atoms with E-state index in [1.807, 2.05) is 4.90 Å². The lowest BCUT2D eigenvalue weighted by Crippen LogP contribution is -2.38. The lowest BCUT2D eigenvalue weighted by molar-refractivity contribution is -0.130. The molecule has 2 N–H and O–H groups in total. The van der Waals surface area contributed by atoms with Crippen LogP contribution in [-0.2, 0) is 4.79 Å². The topological polar surface area (TPSA) is 49.6 Å². The van der Waals surface area contributed by atoms with E-state index in [0.717, 1.165) is 19.5 Å². The number of carbonyl (C=O) groups is 1. The van der Waals surface area contributed by atoms with Crippen LogP contribution in [0.3, 0.4) is 0 Å². The first kappa shape index (κ1) is 16.4. The van der Waals surface area contributed by atoms with Crippen LogP contribution in [0.15, 0.2) is 0 Å². The number of rotatable bonds is 4. The van der Waals surface area contributed by atoms with Gasteiger partial charge in [-0.15, -0.1) is 0 Å². The Morgan fingerprint density at radius 1 is 1.37 bits per heavy atom. The van der Waals surface area contributed by atoms with Gasteiger partial charge in [0.1, 0.15) is 0 Å². The van der Waals surface area contributed by atoms with Gasteiger partial charge in [-0.25, -0.2) is 0 Å². The Morgan fingerprint density at radius 3 is 2.37 bits per heavy atom. The molecule has 19 heavy (non-hydrogen) atoms. The Kier molecular flexibility index (Phi) is 5.39. The van der Waals surface area contributed by atoms with Gasteiger partial charge in [0.15, 0.2) is 0 Å². The van der Waals surface area contributed by atoms with Gasteiger partial charge in [0.05, 0.1) is 0 Å². The second-order valence-electron chi connectivity index (χ2n) is 7.54. The molecule has 4 heteroatoms. The molecular weight excluding hydrogens is 238 g/mol. The van der Waals surface area contributed by atoms with Gasteiger partial charge in [-0.1, -0.05) is 27.7 Å². The van der Waals surface area contributed by atoms with Gasteiger partial charge in [0.25, 0.3) is 0 Å². The highest BCUT2D eigenvalue weighted by molar-refractivity contribution is 5.77. The molecule has 0 aromatic rings. The van der Waals surface area contributed by atoms with E-state index in [4.69, 9.17) is 5.73 Å². The Labute approximate surface area is 118 Å². The molecule has 1 heterocycles. The molecule has 112 valence electrons. The molecule has 0 saturated carbocycles. The summed E-state index contributed by atoms with van der Waals surface area (Å²) in [6.45, 7) is 10.4. The van der Waals surface area contributed by atoms with Crippen molar-refractivity contribution in [1.82, 2.24) is 9.80 Å². The third kappa shape index (κ3) is 5.11. The molecular formula is C15H31N3O. The minimum absolute atomic E-state index is 0.0267. The highest BCUT2D eigenvalue weighted by atomic mass is 16.2. The second kappa shape index (κ2) is 6.23. The maximum Gasteiger partial charge on any atom is 0.224 e. The summed E-state index contributed by atoms with van der Waals surface area (Å²) in [7, 11) is 4.17. The third-order valence-electron chi connectivity index (χ3n) is 3.90. The zero-order valence-electron chi connectivity index (χ0n) is 13.4. The van der Waals surface area contributed by atoms with Crippen molar-refractivity contribution in [1.29, 1.82) is 0 Å². The van der Waals surface area contributed by atoms with Crippen molar-refractivity contribution in [3.05, 3.63) is 0 Å². The minimum atomic E-state index is -0.0267. The number of likely N-dealkylation sites (N-methyl/N-ethyl adjacent to an activating group) is 1. The van der Waals surface area contributed by atoms with Crippen molar-refractivity contribution in [2.45, 2.75) is 52.6 Å². The van der Waals surface area contributed by atoms with Crippen molar-refractivity contribution < 1.29 is 4.79 Å². The molecule has 1 aliphatic heterocycles. The molecule has 1 fully saturated rings. The normalized spacial score (nSPS) is 26.0. The predicted molar refractivity (Wildman–Crippen MR) is 79.9 cm³/mol. The molecule has 0 aromatic carbocycles. The third-order valence-corrected chi connectivity index (χ3v) is 3.90. The van der Waals surface area contributed by atoms with Crippen molar-refractivity contribution in [3.63, 3.8) is 0 Å². The smallest absolute Gasteiger partial charge is 0.224 e. The summed E-state index contributed by atoms with van der Waals surface area (Å²) in [6.07, 6.45) is 1.36. The van der Waals surface area contributed by atoms with E-state index in [-0.39, 0.29) is 17.4 Å². The van der Waals surface area contributed by atoms with E-state index < -0.39 is 0 Å². The lowest BCUT2D eigenvalue weighted by Gasteiger charge is -2.25. The maximum absolute atomic E-state index is 12.3. The number of likely N-dealkylation sites (tertiary alicyclic amines) is 1. The molecule has 0 spiro atoms. The SMILES string of the molecule is CC1CN(C(=O)CC(N)CC(C)(C)C)CC1N(C)C. The fourth-order valence-electron chi connectivity index (χ4n) is 3.04. The molecule has 1 saturated heterocycles. The first-order valence-electron chi connectivity index (χ1n) is 7.30. The van der Waals surface area contributed by atoms with E-state index in [1.165, 1.54) is 0 Å². The highest BCUT2D eigenvalue weighted by Crippen LogP contribution is 2.24. The van der Waals surface area contributed by atoms with Crippen LogP contribution in [0.1, 0.15) is 40.5 Å². The minimum Gasteiger partial charge on any atom is -0.341 e. The van der Waals surface area contributed by atoms with E-state index in [0.29, 0.717) is 18.4 Å². The molecule has 1 aliphatic rings. The van der Waals surface area contributed by atoms with E-state index in [2.05, 4.69) is 46.7 Å². The first-order valence-corrected chi connectivity index (χ1v) is 7.30. The largest absolute Gasteiger partial charge is 0.341 e. The van der Waals surface area contributed by atoms with Gasteiger partial charge >= 0.3 is 0 Å². The van der Waals surface area contributed by atoms with E-state index >= 15 is 0 Å².